The van der Waals surface area contributed by atoms with E-state index in [1.165, 1.54) is 162 Å². The molecule has 22 nitrogen and oxygen atoms in total. The molecule has 17 N–H and O–H groups in total. The van der Waals surface area contributed by atoms with Crippen molar-refractivity contribution in [1.29, 1.82) is 0 Å². The van der Waals surface area contributed by atoms with Crippen molar-refractivity contribution < 1.29 is 184 Å². The van der Waals surface area contributed by atoms with Gasteiger partial charge in [-0.3, -0.25) is 24.4 Å². The topological polar surface area (TPSA) is 356 Å². The van der Waals surface area contributed by atoms with Crippen LogP contribution in [0.25, 0.3) is 50.2 Å². The molecule has 5 fully saturated rings. The number of carbonyl (C=O) groups is 1. The van der Waals surface area contributed by atoms with Crippen LogP contribution in [0.4, 0.5) is 17.3 Å². The Labute approximate surface area is 945 Å². The van der Waals surface area contributed by atoms with Crippen LogP contribution in [0.5, 0.6) is 0 Å². The molecule has 6 radical (unpaired) electrons. The number of hydrogen-bond donors (Lipinski definition) is 13. The molecule has 137 heavy (non-hydrogen) atoms. The largest absolute Gasteiger partial charge is 1.00 e. The SMILES string of the molecule is C(=C1CCC(Cc2ccccc2)CC1)c1nc2ccccc2[nH]1.NC1CCC(Cc2ccccc2)CC1.NCc1nc2ccccc2[nH]1.Nc1ccccc1N.O=C1CCC(Cc2ccccc2)CC1.OO.S=C(n1ccnc1)n1ccnc1.[Ac].[Ac].[Ac].[B-]O.[HH].[Na+].c1ccc(CC2CCC(NCc3nc4ccccc4[nH]3)CC2)cc1.c1ccc(CC2CCC(Nc3nc4ccccc4[nH]3)CC2)cc1. The Kier molecular flexibility index (Phi) is 54.4. The van der Waals surface area contributed by atoms with Crippen LogP contribution in [0.2, 0.25) is 0 Å². The number of aromatic nitrogens is 12. The second kappa shape index (κ2) is 64.9. The van der Waals surface area contributed by atoms with Crippen molar-refractivity contribution in [2.75, 3.05) is 16.8 Å². The van der Waals surface area contributed by atoms with E-state index >= 15 is 0 Å². The molecule has 702 valence electrons. The van der Waals surface area contributed by atoms with Gasteiger partial charge in [0.2, 0.25) is 5.95 Å². The van der Waals surface area contributed by atoms with Crippen LogP contribution in [-0.4, -0.2) is 112 Å². The van der Waals surface area contributed by atoms with E-state index in [2.05, 4.69) is 251 Å². The number of ketones is 1. The number of nitrogens with two attached hydrogens (primary N) is 4. The molecule has 0 bridgehead atoms. The standard InChI is InChI=1S/C21H25N3.C21H22N2.C20H23N3.C13H19N.C13H16O.C8H9N3.C7H6N4S.C6H8N2.3Ac.BHO.Na.H2O2.H2/c1-2-6-16(7-3-1)14-17-10-12-18(13-11-17)22-15-21-23-19-8-4-5-9-20(19)24-21;1-2-6-16(7-3-1)14-17-10-12-18(13-11-17)15-21-22-19-8-4-5-9-20(19)23-21;1-2-6-15(7-3-1)14-16-10-12-17(13-11-16)21-20-22-18-8-4-5-9-19(18)23-20;2*14-13-8-6-12(7-9-13)10-11-4-2-1-3-5-11;9-5-8-10-6-3-1-2-4-7(6)11-8;12-7(10-3-1-8-5-10)11-4-2-9-6-11;7-5-3-1-2-4-6(5)8;;;;1-2;;1-2;/h1-9,17-18,22H,10-15H2,(H,23,24);1-9,15,17H,10-14H2,(H,22,23);1-9,16-17H,10-14H2,(H2,21,22,23);1-5,12-13H,6-10,14H2;1-5,12H,6-10H2;1-4H,5,9H2,(H,10,11);1-6H;1-4H,7-8H2;;;;2H;;1-2H;1H/q;;;;;;;;;;;-1;+1;;. The number of hydrogen-bond acceptors (Lipinski definition) is 17. The number of nitrogens with zero attached hydrogens (tertiary/aromatic N) is 8. The first-order valence-electron chi connectivity index (χ1n) is 47.1. The summed E-state index contributed by atoms with van der Waals surface area (Å²) in [5.74, 6) is 8.35. The van der Waals surface area contributed by atoms with Gasteiger partial charge in [0.1, 0.15) is 35.9 Å². The summed E-state index contributed by atoms with van der Waals surface area (Å²) in [6.07, 6.45) is 42.7. The number of anilines is 3. The minimum Gasteiger partial charge on any atom is -0.715 e. The second-order valence-corrected chi connectivity index (χ2v) is 35.5. The summed E-state index contributed by atoms with van der Waals surface area (Å²) in [7, 11) is 3.50. The number of benzene rings is 10. The number of rotatable bonds is 17. The monoisotopic (exact) mass is 2510 g/mol. The van der Waals surface area contributed by atoms with Crippen LogP contribution in [-0.2, 0) is 50.0 Å². The smallest absolute Gasteiger partial charge is 0.715 e. The predicted molar refractivity (Wildman–Crippen MR) is 550 cm³/mol. The number of thiocarbonyl (C=S) groups is 1. The van der Waals surface area contributed by atoms with Crippen molar-refractivity contribution in [3.8, 4) is 0 Å². The number of nitrogens with one attached hydrogen (secondary N) is 6. The Balaban J connectivity index is 0.000000217. The average molecular weight is 2510 g/mol. The van der Waals surface area contributed by atoms with Gasteiger partial charge in [-0.05, 0) is 284 Å². The molecule has 0 atom stereocenters. The molecular formula is C109H133Ac3BN18NaO4S. The van der Waals surface area contributed by atoms with Gasteiger partial charge in [0, 0.05) is 189 Å². The molecule has 0 amide bonds. The number of imidazole rings is 6. The normalized spacial score (nSPS) is 17.4. The molecule has 6 aromatic heterocycles. The first-order chi connectivity index (χ1) is 65.4. The van der Waals surface area contributed by atoms with Gasteiger partial charge >= 0.3 is 29.6 Å². The third-order valence-electron chi connectivity index (χ3n) is 25.4. The van der Waals surface area contributed by atoms with Crippen molar-refractivity contribution in [2.45, 2.75) is 192 Å². The molecule has 10 aromatic carbocycles. The fraction of sp³-hybridized carbons (Fsp3) is 0.321. The van der Waals surface area contributed by atoms with E-state index in [1.807, 2.05) is 84.9 Å². The Hall–Kier alpha value is -7.45. The van der Waals surface area contributed by atoms with Crippen molar-refractivity contribution >= 4 is 98.7 Å². The maximum absolute atomic E-state index is 11.1. The zero-order chi connectivity index (χ0) is 92.8. The van der Waals surface area contributed by atoms with Gasteiger partial charge < -0.3 is 66.6 Å². The van der Waals surface area contributed by atoms with Gasteiger partial charge in [0.05, 0.1) is 68.6 Å². The van der Waals surface area contributed by atoms with E-state index in [4.69, 9.17) is 50.7 Å². The first-order valence-corrected chi connectivity index (χ1v) is 47.5. The Morgan fingerprint density at radius 2 is 0.730 bits per heavy atom. The summed E-state index contributed by atoms with van der Waals surface area (Å²) in [6, 6.07) is 95.5. The van der Waals surface area contributed by atoms with Gasteiger partial charge in [-0.2, -0.15) is 0 Å². The van der Waals surface area contributed by atoms with Gasteiger partial charge in [-0.1, -0.05) is 218 Å². The van der Waals surface area contributed by atoms with Crippen molar-refractivity contribution in [2.24, 2.45) is 41.1 Å². The maximum atomic E-state index is 11.1. The molecule has 6 heterocycles. The van der Waals surface area contributed by atoms with E-state index in [9.17, 15) is 4.79 Å². The molecule has 21 rings (SSSR count). The molecular weight excluding hydrogens is 2370 g/mol. The molecule has 0 unspecified atom stereocenters. The predicted octanol–water partition coefficient (Wildman–Crippen LogP) is 19.3. The van der Waals surface area contributed by atoms with E-state index in [0.29, 0.717) is 46.9 Å². The molecule has 5 aliphatic rings. The third kappa shape index (κ3) is 40.1. The summed E-state index contributed by atoms with van der Waals surface area (Å²) in [4.78, 5) is 50.3. The number of fused-ring (bicyclic) bond motifs is 4. The van der Waals surface area contributed by atoms with E-state index < -0.39 is 0 Å². The van der Waals surface area contributed by atoms with Crippen LogP contribution in [0, 0.1) is 162 Å². The third-order valence-corrected chi connectivity index (χ3v) is 25.8. The van der Waals surface area contributed by atoms with Gasteiger partial charge in [-0.25, -0.2) is 29.9 Å². The zero-order valence-electron chi connectivity index (χ0n) is 79.1. The first kappa shape index (κ1) is 115. The molecule has 0 spiro atoms. The average Bonchev–Trinajstić information content (AvgIpc) is 1.70. The number of aromatic amines is 4. The summed E-state index contributed by atoms with van der Waals surface area (Å²) < 4.78 is 3.49. The number of H-pyrrole nitrogens is 4. The van der Waals surface area contributed by atoms with Crippen molar-refractivity contribution in [1.82, 2.24) is 64.3 Å². The number of Topliss-reactive ketones (excluding diaryl/α,β-unsaturated/α-hetero) is 1. The number of allylic oxidation sites excluding steroid dienone is 1. The fourth-order valence-corrected chi connectivity index (χ4v) is 18.3. The van der Waals surface area contributed by atoms with Crippen LogP contribution >= 0.6 is 12.2 Å². The van der Waals surface area contributed by atoms with Gasteiger partial charge in [-0.15, -0.1) is 0 Å². The van der Waals surface area contributed by atoms with E-state index in [-0.39, 0.29) is 163 Å². The van der Waals surface area contributed by atoms with Crippen molar-refractivity contribution in [3.63, 3.8) is 0 Å². The summed E-state index contributed by atoms with van der Waals surface area (Å²) in [5.41, 5.74) is 40.8. The van der Waals surface area contributed by atoms with Gasteiger partial charge in [0.15, 0.2) is 5.11 Å². The molecule has 5 aliphatic carbocycles. The molecule has 16 aromatic rings. The Morgan fingerprint density at radius 1 is 0.409 bits per heavy atom. The van der Waals surface area contributed by atoms with E-state index in [0.717, 1.165) is 136 Å². The van der Waals surface area contributed by atoms with Crippen LogP contribution in [0.3, 0.4) is 0 Å². The summed E-state index contributed by atoms with van der Waals surface area (Å²) in [5, 5.41) is 26.4. The van der Waals surface area contributed by atoms with Gasteiger partial charge in [0.25, 0.3) is 0 Å². The number of carbonyl (C=O) groups excluding carboxylic acids is 1. The van der Waals surface area contributed by atoms with Crippen molar-refractivity contribution in [3.05, 3.63) is 361 Å². The minimum atomic E-state index is 0. The van der Waals surface area contributed by atoms with Crippen LogP contribution in [0.15, 0.2) is 316 Å². The Bertz CT molecular complexity index is 5780. The minimum absolute atomic E-state index is 0. The van der Waals surface area contributed by atoms with E-state index in [1.54, 1.807) is 58.7 Å². The summed E-state index contributed by atoms with van der Waals surface area (Å²) in [6.45, 7) is 1.30. The molecule has 28 heteroatoms. The number of nitrogen functional groups attached to an aromatic ring is 2. The molecule has 5 saturated carbocycles. The van der Waals surface area contributed by atoms with Crippen LogP contribution < -0.4 is 63.1 Å². The van der Waals surface area contributed by atoms with Crippen LogP contribution in [0.1, 0.15) is 175 Å². The maximum Gasteiger partial charge on any atom is 1.00 e. The summed E-state index contributed by atoms with van der Waals surface area (Å²) >= 11 is 5.14. The molecule has 0 saturated heterocycles. The quantitative estimate of drug-likeness (QED) is 0.0132. The second-order valence-electron chi connectivity index (χ2n) is 35.1. The molecule has 0 aliphatic heterocycles. The zero-order valence-corrected chi connectivity index (χ0v) is 96.1. The Morgan fingerprint density at radius 3 is 1.09 bits per heavy atom. The number of para-hydroxylation sites is 10. The fourth-order valence-electron chi connectivity index (χ4n) is 18.1.